The van der Waals surface area contributed by atoms with E-state index in [0.717, 1.165) is 32.2 Å². The Morgan fingerprint density at radius 3 is 2.76 bits per heavy atom. The van der Waals surface area contributed by atoms with Crippen LogP contribution in [0.1, 0.15) is 25.7 Å². The molecule has 0 aliphatic heterocycles. The smallest absolute Gasteiger partial charge is 0.306 e. The first-order valence-corrected chi connectivity index (χ1v) is 6.38. The molecule has 3 N–H and O–H groups in total. The Morgan fingerprint density at radius 2 is 2.06 bits per heavy atom. The molecule has 1 aliphatic rings. The second-order valence-electron chi connectivity index (χ2n) is 4.53. The lowest BCUT2D eigenvalue weighted by atomic mass is 9.79. The van der Waals surface area contributed by atoms with Crippen molar-refractivity contribution in [2.24, 2.45) is 11.8 Å². The lowest BCUT2D eigenvalue weighted by molar-refractivity contribution is -0.144. The molecular weight excluding hydrogens is 222 g/mol. The van der Waals surface area contributed by atoms with E-state index in [0.29, 0.717) is 19.8 Å². The number of ether oxygens (including phenoxy) is 1. The molecule has 0 spiro atoms. The topological polar surface area (TPSA) is 78.8 Å². The molecule has 0 radical (unpaired) electrons. The molecule has 0 bridgehead atoms. The van der Waals surface area contributed by atoms with Crippen LogP contribution in [0.25, 0.3) is 0 Å². The van der Waals surface area contributed by atoms with E-state index in [4.69, 9.17) is 14.9 Å². The fourth-order valence-corrected chi connectivity index (χ4v) is 2.38. The molecular formula is C12H23NO4. The molecule has 1 fully saturated rings. The maximum Gasteiger partial charge on any atom is 0.306 e. The van der Waals surface area contributed by atoms with Crippen LogP contribution in [0.2, 0.25) is 0 Å². The maximum absolute atomic E-state index is 11.1. The molecule has 1 saturated carbocycles. The molecule has 0 saturated heterocycles. The number of aliphatic carboxylic acids is 1. The van der Waals surface area contributed by atoms with Gasteiger partial charge in [-0.25, -0.2) is 0 Å². The van der Waals surface area contributed by atoms with Gasteiger partial charge in [0.1, 0.15) is 0 Å². The molecule has 2 unspecified atom stereocenters. The van der Waals surface area contributed by atoms with Gasteiger partial charge in [0.2, 0.25) is 0 Å². The van der Waals surface area contributed by atoms with E-state index in [9.17, 15) is 4.79 Å². The molecule has 1 aliphatic carbocycles. The summed E-state index contributed by atoms with van der Waals surface area (Å²) in [5.41, 5.74) is 0. The van der Waals surface area contributed by atoms with Crippen LogP contribution in [0.5, 0.6) is 0 Å². The number of carboxylic acids is 1. The lowest BCUT2D eigenvalue weighted by Gasteiger charge is -2.28. The fraction of sp³-hybridized carbons (Fsp3) is 0.917. The molecule has 0 aromatic carbocycles. The monoisotopic (exact) mass is 245 g/mol. The van der Waals surface area contributed by atoms with Crippen LogP contribution < -0.4 is 5.32 Å². The average Bonchev–Trinajstić information content (AvgIpc) is 2.34. The predicted molar refractivity (Wildman–Crippen MR) is 63.9 cm³/mol. The standard InChI is InChI=1S/C12H23NO4/c14-6-8-17-7-5-13-9-10-3-1-2-4-11(10)12(15)16/h10-11,13-14H,1-9H2,(H,15,16). The first-order chi connectivity index (χ1) is 8.25. The number of aliphatic hydroxyl groups is 1. The summed E-state index contributed by atoms with van der Waals surface area (Å²) >= 11 is 0. The van der Waals surface area contributed by atoms with Crippen molar-refractivity contribution in [2.45, 2.75) is 25.7 Å². The second-order valence-corrected chi connectivity index (χ2v) is 4.53. The first kappa shape index (κ1) is 14.4. The van der Waals surface area contributed by atoms with Crippen LogP contribution in [-0.2, 0) is 9.53 Å². The van der Waals surface area contributed by atoms with E-state index < -0.39 is 5.97 Å². The molecule has 0 aromatic rings. The summed E-state index contributed by atoms with van der Waals surface area (Å²) < 4.78 is 5.12. The Balaban J connectivity index is 2.13. The number of hydrogen-bond donors (Lipinski definition) is 3. The zero-order valence-electron chi connectivity index (χ0n) is 10.2. The number of nitrogens with one attached hydrogen (secondary N) is 1. The zero-order chi connectivity index (χ0) is 12.5. The van der Waals surface area contributed by atoms with E-state index in [1.807, 2.05) is 0 Å². The Morgan fingerprint density at radius 1 is 1.29 bits per heavy atom. The lowest BCUT2D eigenvalue weighted by Crippen LogP contribution is -2.35. The maximum atomic E-state index is 11.1. The molecule has 2 atom stereocenters. The Kier molecular flexibility index (Phi) is 7.16. The summed E-state index contributed by atoms with van der Waals surface area (Å²) in [6, 6.07) is 0. The van der Waals surface area contributed by atoms with Gasteiger partial charge >= 0.3 is 5.97 Å². The van der Waals surface area contributed by atoms with Crippen LogP contribution in [0.3, 0.4) is 0 Å². The number of carboxylic acid groups (broad SMARTS) is 1. The largest absolute Gasteiger partial charge is 0.481 e. The van der Waals surface area contributed by atoms with Crippen LogP contribution in [0.4, 0.5) is 0 Å². The van der Waals surface area contributed by atoms with Crippen LogP contribution in [0, 0.1) is 11.8 Å². The minimum absolute atomic E-state index is 0.0454. The third kappa shape index (κ3) is 5.48. The van der Waals surface area contributed by atoms with Gasteiger partial charge < -0.3 is 20.3 Å². The van der Waals surface area contributed by atoms with Crippen molar-refractivity contribution >= 4 is 5.97 Å². The van der Waals surface area contributed by atoms with Gasteiger partial charge in [0.15, 0.2) is 0 Å². The van der Waals surface area contributed by atoms with Crippen molar-refractivity contribution in [3.63, 3.8) is 0 Å². The van der Waals surface area contributed by atoms with Gasteiger partial charge in [-0.2, -0.15) is 0 Å². The Labute approximate surface area is 102 Å². The second kappa shape index (κ2) is 8.44. The molecule has 0 amide bonds. The number of rotatable bonds is 8. The highest BCUT2D eigenvalue weighted by atomic mass is 16.5. The van der Waals surface area contributed by atoms with Gasteiger partial charge in [0, 0.05) is 6.54 Å². The van der Waals surface area contributed by atoms with Crippen molar-refractivity contribution in [3.8, 4) is 0 Å². The van der Waals surface area contributed by atoms with Crippen molar-refractivity contribution in [3.05, 3.63) is 0 Å². The molecule has 17 heavy (non-hydrogen) atoms. The summed E-state index contributed by atoms with van der Waals surface area (Å²) in [7, 11) is 0. The summed E-state index contributed by atoms with van der Waals surface area (Å²) in [6.45, 7) is 2.43. The fourth-order valence-electron chi connectivity index (χ4n) is 2.38. The molecule has 0 aromatic heterocycles. The quantitative estimate of drug-likeness (QED) is 0.542. The zero-order valence-corrected chi connectivity index (χ0v) is 10.2. The third-order valence-electron chi connectivity index (χ3n) is 3.29. The average molecular weight is 245 g/mol. The molecule has 100 valence electrons. The van der Waals surface area contributed by atoms with Gasteiger partial charge in [0.05, 0.1) is 25.7 Å². The minimum atomic E-state index is -0.659. The molecule has 0 heterocycles. The van der Waals surface area contributed by atoms with E-state index in [2.05, 4.69) is 5.32 Å². The van der Waals surface area contributed by atoms with Crippen molar-refractivity contribution < 1.29 is 19.7 Å². The molecule has 1 rings (SSSR count). The van der Waals surface area contributed by atoms with Gasteiger partial charge in [-0.05, 0) is 25.3 Å². The predicted octanol–water partition coefficient (Wildman–Crippen LogP) is 0.476. The number of hydrogen-bond acceptors (Lipinski definition) is 4. The van der Waals surface area contributed by atoms with Gasteiger partial charge in [-0.3, -0.25) is 4.79 Å². The van der Waals surface area contributed by atoms with Crippen LogP contribution >= 0.6 is 0 Å². The van der Waals surface area contributed by atoms with Crippen molar-refractivity contribution in [1.29, 1.82) is 0 Å². The van der Waals surface area contributed by atoms with E-state index in [1.165, 1.54) is 0 Å². The summed E-state index contributed by atoms with van der Waals surface area (Å²) in [5.74, 6) is -0.596. The van der Waals surface area contributed by atoms with Gasteiger partial charge in [-0.1, -0.05) is 12.8 Å². The molecule has 5 nitrogen and oxygen atoms in total. The number of aliphatic hydroxyl groups excluding tert-OH is 1. The molecule has 5 heteroatoms. The van der Waals surface area contributed by atoms with E-state index >= 15 is 0 Å². The minimum Gasteiger partial charge on any atom is -0.481 e. The SMILES string of the molecule is O=C(O)C1CCCCC1CNCCOCCO. The van der Waals surface area contributed by atoms with E-state index in [1.54, 1.807) is 0 Å². The van der Waals surface area contributed by atoms with Gasteiger partial charge in [0.25, 0.3) is 0 Å². The van der Waals surface area contributed by atoms with Crippen molar-refractivity contribution in [1.82, 2.24) is 5.32 Å². The Hall–Kier alpha value is -0.650. The summed E-state index contributed by atoms with van der Waals surface area (Å²) in [5, 5.41) is 20.8. The highest BCUT2D eigenvalue weighted by Crippen LogP contribution is 2.29. The van der Waals surface area contributed by atoms with E-state index in [-0.39, 0.29) is 18.4 Å². The summed E-state index contributed by atoms with van der Waals surface area (Å²) in [6.07, 6.45) is 3.98. The number of carbonyl (C=O) groups is 1. The highest BCUT2D eigenvalue weighted by Gasteiger charge is 2.30. The first-order valence-electron chi connectivity index (χ1n) is 6.38. The normalized spacial score (nSPS) is 24.8. The summed E-state index contributed by atoms with van der Waals surface area (Å²) in [4.78, 5) is 11.1. The van der Waals surface area contributed by atoms with Crippen LogP contribution in [-0.4, -0.2) is 49.1 Å². The third-order valence-corrected chi connectivity index (χ3v) is 3.29. The highest BCUT2D eigenvalue weighted by molar-refractivity contribution is 5.70. The van der Waals surface area contributed by atoms with Crippen LogP contribution in [0.15, 0.2) is 0 Å². The Bertz CT molecular complexity index is 223. The van der Waals surface area contributed by atoms with Gasteiger partial charge in [-0.15, -0.1) is 0 Å². The van der Waals surface area contributed by atoms with Crippen molar-refractivity contribution in [2.75, 3.05) is 32.9 Å².